The van der Waals surface area contributed by atoms with E-state index in [1.807, 2.05) is 19.1 Å². The topological polar surface area (TPSA) is 51.2 Å². The molecule has 0 aliphatic carbocycles. The summed E-state index contributed by atoms with van der Waals surface area (Å²) in [5.41, 5.74) is 1.12. The van der Waals surface area contributed by atoms with Gasteiger partial charge in [-0.1, -0.05) is 17.7 Å². The van der Waals surface area contributed by atoms with Crippen molar-refractivity contribution in [1.29, 1.82) is 0 Å². The number of hydrogen-bond acceptors (Lipinski definition) is 3. The number of rotatable bonds is 4. The summed E-state index contributed by atoms with van der Waals surface area (Å²) in [6, 6.07) is 9.99. The van der Waals surface area contributed by atoms with Crippen LogP contribution in [0.5, 0.6) is 5.75 Å². The summed E-state index contributed by atoms with van der Waals surface area (Å²) in [5, 5.41) is 2.51. The third-order valence-electron chi connectivity index (χ3n) is 2.39. The van der Waals surface area contributed by atoms with Crippen LogP contribution >= 0.6 is 0 Å². The number of carbonyl (C=O) groups is 1. The number of amides is 1. The fourth-order valence-electron chi connectivity index (χ4n) is 1.41. The van der Waals surface area contributed by atoms with E-state index < -0.39 is 5.82 Å². The van der Waals surface area contributed by atoms with E-state index in [9.17, 15) is 9.18 Å². The van der Waals surface area contributed by atoms with Crippen LogP contribution in [0.3, 0.4) is 0 Å². The second kappa shape index (κ2) is 5.95. The average molecular weight is 260 g/mol. The lowest BCUT2D eigenvalue weighted by atomic mass is 10.2. The second-order valence-electron chi connectivity index (χ2n) is 4.01. The number of hydrogen-bond donors (Lipinski definition) is 1. The van der Waals surface area contributed by atoms with Crippen LogP contribution in [0.4, 0.5) is 10.2 Å². The summed E-state index contributed by atoms with van der Waals surface area (Å²) in [4.78, 5) is 15.3. The molecule has 5 heteroatoms. The molecule has 0 fully saturated rings. The zero-order valence-corrected chi connectivity index (χ0v) is 10.4. The third-order valence-corrected chi connectivity index (χ3v) is 2.39. The molecular formula is C14H13FN2O2. The van der Waals surface area contributed by atoms with E-state index in [0.717, 1.165) is 11.8 Å². The molecule has 1 N–H and O–H groups in total. The summed E-state index contributed by atoms with van der Waals surface area (Å²) in [6.45, 7) is 1.85. The van der Waals surface area contributed by atoms with Crippen molar-refractivity contribution >= 4 is 11.7 Å². The zero-order chi connectivity index (χ0) is 13.7. The van der Waals surface area contributed by atoms with Gasteiger partial charge in [-0.05, 0) is 31.2 Å². The van der Waals surface area contributed by atoms with Gasteiger partial charge in [-0.15, -0.1) is 0 Å². The summed E-state index contributed by atoms with van der Waals surface area (Å²) < 4.78 is 17.9. The van der Waals surface area contributed by atoms with Crippen molar-refractivity contribution in [3.05, 3.63) is 54.0 Å². The molecule has 98 valence electrons. The lowest BCUT2D eigenvalue weighted by Crippen LogP contribution is -2.20. The van der Waals surface area contributed by atoms with Crippen LogP contribution in [0.1, 0.15) is 5.56 Å². The number of aryl methyl sites for hydroxylation is 1. The minimum Gasteiger partial charge on any atom is -0.484 e. The van der Waals surface area contributed by atoms with Crippen molar-refractivity contribution in [1.82, 2.24) is 4.98 Å². The van der Waals surface area contributed by atoms with Gasteiger partial charge in [0, 0.05) is 0 Å². The molecule has 0 radical (unpaired) electrons. The van der Waals surface area contributed by atoms with Gasteiger partial charge in [0.05, 0.1) is 6.20 Å². The first kappa shape index (κ1) is 13.0. The Balaban J connectivity index is 1.84. The highest BCUT2D eigenvalue weighted by atomic mass is 19.1. The molecule has 1 aromatic carbocycles. The average Bonchev–Trinajstić information content (AvgIpc) is 2.41. The first-order valence-electron chi connectivity index (χ1n) is 5.74. The van der Waals surface area contributed by atoms with E-state index in [2.05, 4.69) is 10.3 Å². The molecule has 1 aromatic heterocycles. The molecule has 0 atom stereocenters. The number of pyridine rings is 1. The number of carbonyl (C=O) groups excluding carboxylic acids is 1. The molecule has 2 aromatic rings. The van der Waals surface area contributed by atoms with E-state index >= 15 is 0 Å². The summed E-state index contributed by atoms with van der Waals surface area (Å²) in [5.74, 6) is 0.111. The second-order valence-corrected chi connectivity index (χ2v) is 4.01. The predicted octanol–water partition coefficient (Wildman–Crippen LogP) is 2.55. The molecule has 0 bridgehead atoms. The van der Waals surface area contributed by atoms with Crippen LogP contribution in [0, 0.1) is 12.7 Å². The van der Waals surface area contributed by atoms with Crippen LogP contribution < -0.4 is 10.1 Å². The van der Waals surface area contributed by atoms with Crippen LogP contribution in [-0.4, -0.2) is 17.5 Å². The van der Waals surface area contributed by atoms with Gasteiger partial charge in [-0.2, -0.15) is 0 Å². The van der Waals surface area contributed by atoms with Crippen molar-refractivity contribution in [2.75, 3.05) is 11.9 Å². The van der Waals surface area contributed by atoms with E-state index in [1.165, 1.54) is 12.1 Å². The van der Waals surface area contributed by atoms with Crippen LogP contribution in [0.15, 0.2) is 42.6 Å². The molecule has 2 rings (SSSR count). The molecule has 1 heterocycles. The maximum atomic E-state index is 12.6. The molecule has 0 saturated heterocycles. The number of nitrogens with zero attached hydrogens (tertiary/aromatic N) is 1. The summed E-state index contributed by atoms with van der Waals surface area (Å²) in [7, 11) is 0. The molecule has 4 nitrogen and oxygen atoms in total. The smallest absolute Gasteiger partial charge is 0.263 e. The first-order valence-corrected chi connectivity index (χ1v) is 5.74. The Morgan fingerprint density at radius 2 is 2.00 bits per heavy atom. The largest absolute Gasteiger partial charge is 0.484 e. The van der Waals surface area contributed by atoms with Crippen LogP contribution in [0.2, 0.25) is 0 Å². The minimum absolute atomic E-state index is 0.123. The Bertz CT molecular complexity index is 553. The van der Waals surface area contributed by atoms with Crippen molar-refractivity contribution in [2.24, 2.45) is 0 Å². The summed E-state index contributed by atoms with van der Waals surface area (Å²) >= 11 is 0. The van der Waals surface area contributed by atoms with Gasteiger partial charge in [0.2, 0.25) is 0 Å². The standard InChI is InChI=1S/C14H13FN2O2/c1-10-2-5-12(6-3-10)19-9-14(18)17-13-7-4-11(15)8-16-13/h2-8H,9H2,1H3,(H,16,17,18). The van der Waals surface area contributed by atoms with Gasteiger partial charge >= 0.3 is 0 Å². The van der Waals surface area contributed by atoms with Gasteiger partial charge in [0.15, 0.2) is 6.61 Å². The molecule has 19 heavy (non-hydrogen) atoms. The first-order chi connectivity index (χ1) is 9.13. The quantitative estimate of drug-likeness (QED) is 0.919. The highest BCUT2D eigenvalue weighted by molar-refractivity contribution is 5.90. The Hall–Kier alpha value is -2.43. The fraction of sp³-hybridized carbons (Fsp3) is 0.143. The van der Waals surface area contributed by atoms with Gasteiger partial charge in [-0.3, -0.25) is 4.79 Å². The maximum Gasteiger partial charge on any atom is 0.263 e. The monoisotopic (exact) mass is 260 g/mol. The fourth-order valence-corrected chi connectivity index (χ4v) is 1.41. The number of anilines is 1. The Morgan fingerprint density at radius 1 is 1.26 bits per heavy atom. The van der Waals surface area contributed by atoms with Gasteiger partial charge in [-0.25, -0.2) is 9.37 Å². The van der Waals surface area contributed by atoms with Gasteiger partial charge in [0.1, 0.15) is 17.4 Å². The number of halogens is 1. The normalized spacial score (nSPS) is 10.0. The molecule has 0 unspecified atom stereocenters. The third kappa shape index (κ3) is 4.06. The van der Waals surface area contributed by atoms with Crippen molar-refractivity contribution < 1.29 is 13.9 Å². The Morgan fingerprint density at radius 3 is 2.63 bits per heavy atom. The van der Waals surface area contributed by atoms with Crippen molar-refractivity contribution in [3.63, 3.8) is 0 Å². The van der Waals surface area contributed by atoms with Gasteiger partial charge < -0.3 is 10.1 Å². The molecule has 0 aliphatic heterocycles. The number of ether oxygens (including phenoxy) is 1. The van der Waals surface area contributed by atoms with Crippen LogP contribution in [0.25, 0.3) is 0 Å². The Labute approximate surface area is 110 Å². The van der Waals surface area contributed by atoms with E-state index in [0.29, 0.717) is 11.6 Å². The SMILES string of the molecule is Cc1ccc(OCC(=O)Nc2ccc(F)cn2)cc1. The number of benzene rings is 1. The molecule has 1 amide bonds. The van der Waals surface area contributed by atoms with Crippen molar-refractivity contribution in [3.8, 4) is 5.75 Å². The van der Waals surface area contributed by atoms with E-state index in [4.69, 9.17) is 4.74 Å². The number of aromatic nitrogens is 1. The molecule has 0 spiro atoms. The van der Waals surface area contributed by atoms with Crippen molar-refractivity contribution in [2.45, 2.75) is 6.92 Å². The minimum atomic E-state index is -0.450. The molecule has 0 saturated carbocycles. The molecular weight excluding hydrogens is 247 g/mol. The van der Waals surface area contributed by atoms with Gasteiger partial charge in [0.25, 0.3) is 5.91 Å². The number of nitrogens with one attached hydrogen (secondary N) is 1. The van der Waals surface area contributed by atoms with E-state index in [1.54, 1.807) is 12.1 Å². The highest BCUT2D eigenvalue weighted by Gasteiger charge is 2.04. The molecule has 0 aliphatic rings. The Kier molecular flexibility index (Phi) is 4.07. The summed E-state index contributed by atoms with van der Waals surface area (Å²) in [6.07, 6.45) is 1.04. The zero-order valence-electron chi connectivity index (χ0n) is 10.4. The highest BCUT2D eigenvalue weighted by Crippen LogP contribution is 2.11. The maximum absolute atomic E-state index is 12.6. The van der Waals surface area contributed by atoms with Crippen LogP contribution in [-0.2, 0) is 4.79 Å². The van der Waals surface area contributed by atoms with E-state index in [-0.39, 0.29) is 12.5 Å². The lowest BCUT2D eigenvalue weighted by molar-refractivity contribution is -0.118. The lowest BCUT2D eigenvalue weighted by Gasteiger charge is -2.07. The predicted molar refractivity (Wildman–Crippen MR) is 69.5 cm³/mol.